The predicted octanol–water partition coefficient (Wildman–Crippen LogP) is 4.30. The van der Waals surface area contributed by atoms with Gasteiger partial charge in [0, 0.05) is 30.1 Å². The van der Waals surface area contributed by atoms with Gasteiger partial charge in [0.05, 0.1) is 22.7 Å². The highest BCUT2D eigenvalue weighted by atomic mass is 16.2. The highest BCUT2D eigenvalue weighted by molar-refractivity contribution is 5.84. The monoisotopic (exact) mass is 413 g/mol. The third kappa shape index (κ3) is 4.51. The van der Waals surface area contributed by atoms with E-state index in [9.17, 15) is 10.1 Å². The normalized spacial score (nSPS) is 16.7. The molecule has 6 nitrogen and oxygen atoms in total. The SMILES string of the molecule is CC(C)(C)C(=O)NC1CCCN(c2nc3ccccc3nc2-c2cccc(C#N)c2)C1. The first-order valence-electron chi connectivity index (χ1n) is 10.7. The van der Waals surface area contributed by atoms with Crippen molar-refractivity contribution in [2.45, 2.75) is 39.7 Å². The quantitative estimate of drug-likeness (QED) is 0.692. The lowest BCUT2D eigenvalue weighted by Gasteiger charge is -2.36. The molecule has 6 heteroatoms. The number of benzene rings is 2. The number of para-hydroxylation sites is 2. The molecule has 2 heterocycles. The Hall–Kier alpha value is -3.46. The minimum Gasteiger partial charge on any atom is -0.353 e. The largest absolute Gasteiger partial charge is 0.353 e. The van der Waals surface area contributed by atoms with Gasteiger partial charge < -0.3 is 10.2 Å². The molecule has 1 atom stereocenters. The first-order valence-corrected chi connectivity index (χ1v) is 10.7. The highest BCUT2D eigenvalue weighted by Crippen LogP contribution is 2.32. The average Bonchev–Trinajstić information content (AvgIpc) is 2.77. The zero-order valence-electron chi connectivity index (χ0n) is 18.2. The fourth-order valence-electron chi connectivity index (χ4n) is 3.83. The molecule has 31 heavy (non-hydrogen) atoms. The molecule has 158 valence electrons. The number of aromatic nitrogens is 2. The van der Waals surface area contributed by atoms with E-state index in [1.54, 1.807) is 6.07 Å². The molecule has 0 saturated carbocycles. The molecule has 3 aromatic rings. The van der Waals surface area contributed by atoms with Crippen LogP contribution in [0.1, 0.15) is 39.2 Å². The Bertz CT molecular complexity index is 1160. The molecule has 1 fully saturated rings. The van der Waals surface area contributed by atoms with Crippen molar-refractivity contribution < 1.29 is 4.79 Å². The number of hydrogen-bond donors (Lipinski definition) is 1. The first-order chi connectivity index (χ1) is 14.8. The smallest absolute Gasteiger partial charge is 0.225 e. The highest BCUT2D eigenvalue weighted by Gasteiger charge is 2.29. The summed E-state index contributed by atoms with van der Waals surface area (Å²) in [5.74, 6) is 0.856. The molecule has 1 amide bonds. The van der Waals surface area contributed by atoms with Crippen molar-refractivity contribution >= 4 is 22.8 Å². The van der Waals surface area contributed by atoms with E-state index in [-0.39, 0.29) is 11.9 Å². The predicted molar refractivity (Wildman–Crippen MR) is 123 cm³/mol. The van der Waals surface area contributed by atoms with Crippen LogP contribution in [0.25, 0.3) is 22.3 Å². The lowest BCUT2D eigenvalue weighted by atomic mass is 9.94. The third-order valence-corrected chi connectivity index (χ3v) is 5.55. The van der Waals surface area contributed by atoms with Crippen molar-refractivity contribution in [2.24, 2.45) is 5.41 Å². The van der Waals surface area contributed by atoms with E-state index in [1.165, 1.54) is 0 Å². The summed E-state index contributed by atoms with van der Waals surface area (Å²) in [4.78, 5) is 24.6. The molecule has 0 radical (unpaired) electrons. The molecule has 1 unspecified atom stereocenters. The molecule has 0 bridgehead atoms. The second-order valence-electron chi connectivity index (χ2n) is 9.09. The van der Waals surface area contributed by atoms with Gasteiger partial charge in [0.25, 0.3) is 0 Å². The van der Waals surface area contributed by atoms with Crippen LogP contribution in [0.4, 0.5) is 5.82 Å². The Morgan fingerprint density at radius 2 is 1.87 bits per heavy atom. The van der Waals surface area contributed by atoms with Gasteiger partial charge in [-0.1, -0.05) is 45.0 Å². The summed E-state index contributed by atoms with van der Waals surface area (Å²) in [5.41, 5.74) is 3.45. The molecule has 1 aliphatic heterocycles. The molecule has 0 aliphatic carbocycles. The number of anilines is 1. The fourth-order valence-corrected chi connectivity index (χ4v) is 3.83. The van der Waals surface area contributed by atoms with E-state index in [0.717, 1.165) is 47.5 Å². The van der Waals surface area contributed by atoms with Gasteiger partial charge >= 0.3 is 0 Å². The van der Waals surface area contributed by atoms with Crippen LogP contribution in [0, 0.1) is 16.7 Å². The summed E-state index contributed by atoms with van der Waals surface area (Å²) < 4.78 is 0. The number of fused-ring (bicyclic) bond motifs is 1. The number of carbonyl (C=O) groups is 1. The van der Waals surface area contributed by atoms with Gasteiger partial charge in [-0.2, -0.15) is 5.26 Å². The van der Waals surface area contributed by atoms with Crippen LogP contribution in [0.5, 0.6) is 0 Å². The lowest BCUT2D eigenvalue weighted by Crippen LogP contribution is -2.50. The molecule has 1 saturated heterocycles. The van der Waals surface area contributed by atoms with Gasteiger partial charge in [-0.05, 0) is 37.1 Å². The Morgan fingerprint density at radius 1 is 1.13 bits per heavy atom. The molecule has 1 aromatic heterocycles. The molecular weight excluding hydrogens is 386 g/mol. The zero-order valence-corrected chi connectivity index (χ0v) is 18.2. The van der Waals surface area contributed by atoms with E-state index in [0.29, 0.717) is 12.1 Å². The van der Waals surface area contributed by atoms with Crippen molar-refractivity contribution in [2.75, 3.05) is 18.0 Å². The Kier molecular flexibility index (Phi) is 5.60. The van der Waals surface area contributed by atoms with Crippen LogP contribution in [-0.2, 0) is 4.79 Å². The summed E-state index contributed by atoms with van der Waals surface area (Å²) in [7, 11) is 0. The molecular formula is C25H27N5O. The van der Waals surface area contributed by atoms with Crippen molar-refractivity contribution in [3.05, 3.63) is 54.1 Å². The molecule has 1 aliphatic rings. The number of carbonyl (C=O) groups excluding carboxylic acids is 1. The molecule has 0 spiro atoms. The maximum atomic E-state index is 12.5. The van der Waals surface area contributed by atoms with Gasteiger partial charge in [-0.25, -0.2) is 9.97 Å². The molecule has 4 rings (SSSR count). The summed E-state index contributed by atoms with van der Waals surface area (Å²) in [5, 5.41) is 12.5. The second kappa shape index (κ2) is 8.35. The van der Waals surface area contributed by atoms with Crippen LogP contribution >= 0.6 is 0 Å². The van der Waals surface area contributed by atoms with E-state index in [2.05, 4.69) is 16.3 Å². The fraction of sp³-hybridized carbons (Fsp3) is 0.360. The van der Waals surface area contributed by atoms with Gasteiger partial charge in [0.15, 0.2) is 5.82 Å². The van der Waals surface area contributed by atoms with Crippen LogP contribution < -0.4 is 10.2 Å². The Morgan fingerprint density at radius 3 is 2.58 bits per heavy atom. The number of amides is 1. The standard InChI is InChI=1S/C25H27N5O/c1-25(2,3)24(31)27-19-10-7-13-30(16-19)23-22(18-9-6-8-17(14-18)15-26)28-20-11-4-5-12-21(20)29-23/h4-6,8-9,11-12,14,19H,7,10,13,16H2,1-3H3,(H,27,31). The van der Waals surface area contributed by atoms with Gasteiger partial charge in [-0.3, -0.25) is 4.79 Å². The second-order valence-corrected chi connectivity index (χ2v) is 9.09. The zero-order chi connectivity index (χ0) is 22.0. The topological polar surface area (TPSA) is 81.9 Å². The van der Waals surface area contributed by atoms with Crippen molar-refractivity contribution in [1.82, 2.24) is 15.3 Å². The van der Waals surface area contributed by atoms with Gasteiger partial charge in [0.2, 0.25) is 5.91 Å². The number of hydrogen-bond acceptors (Lipinski definition) is 5. The molecule has 1 N–H and O–H groups in total. The number of nitrogens with one attached hydrogen (secondary N) is 1. The number of rotatable bonds is 3. The molecule has 2 aromatic carbocycles. The van der Waals surface area contributed by atoms with Gasteiger partial charge in [-0.15, -0.1) is 0 Å². The Balaban J connectivity index is 1.73. The maximum absolute atomic E-state index is 12.5. The minimum atomic E-state index is -0.423. The Labute approximate surface area is 182 Å². The van der Waals surface area contributed by atoms with Crippen molar-refractivity contribution in [3.8, 4) is 17.3 Å². The average molecular weight is 414 g/mol. The van der Waals surface area contributed by atoms with Crippen molar-refractivity contribution in [1.29, 1.82) is 5.26 Å². The number of nitrogens with zero attached hydrogens (tertiary/aromatic N) is 4. The maximum Gasteiger partial charge on any atom is 0.225 e. The van der Waals surface area contributed by atoms with Crippen LogP contribution in [0.3, 0.4) is 0 Å². The van der Waals surface area contributed by atoms with Crippen LogP contribution in [0.15, 0.2) is 48.5 Å². The van der Waals surface area contributed by atoms with Crippen LogP contribution in [-0.4, -0.2) is 35.0 Å². The summed E-state index contributed by atoms with van der Waals surface area (Å²) in [6, 6.07) is 17.6. The van der Waals surface area contributed by atoms with E-state index < -0.39 is 5.41 Å². The number of nitriles is 1. The van der Waals surface area contributed by atoms with Crippen LogP contribution in [0.2, 0.25) is 0 Å². The van der Waals surface area contributed by atoms with Crippen molar-refractivity contribution in [3.63, 3.8) is 0 Å². The lowest BCUT2D eigenvalue weighted by molar-refractivity contribution is -0.129. The summed E-state index contributed by atoms with van der Waals surface area (Å²) in [6.45, 7) is 7.31. The van der Waals surface area contributed by atoms with E-state index in [4.69, 9.17) is 9.97 Å². The van der Waals surface area contributed by atoms with E-state index >= 15 is 0 Å². The third-order valence-electron chi connectivity index (χ3n) is 5.55. The van der Waals surface area contributed by atoms with E-state index in [1.807, 2.05) is 63.2 Å². The summed E-state index contributed by atoms with van der Waals surface area (Å²) >= 11 is 0. The van der Waals surface area contributed by atoms with Gasteiger partial charge in [0.1, 0.15) is 5.69 Å². The first kappa shape index (κ1) is 20.8. The summed E-state index contributed by atoms with van der Waals surface area (Å²) in [6.07, 6.45) is 1.90. The minimum absolute atomic E-state index is 0.0610. The number of piperidine rings is 1.